The van der Waals surface area contributed by atoms with Gasteiger partial charge in [-0.15, -0.1) is 11.3 Å². The number of carbonyl (C=O) groups is 1. The summed E-state index contributed by atoms with van der Waals surface area (Å²) in [6, 6.07) is 12.0. The van der Waals surface area contributed by atoms with E-state index in [1.54, 1.807) is 6.07 Å². The van der Waals surface area contributed by atoms with Crippen molar-refractivity contribution in [1.29, 1.82) is 0 Å². The lowest BCUT2D eigenvalue weighted by atomic mass is 10.0. The molecule has 0 aliphatic carbocycles. The summed E-state index contributed by atoms with van der Waals surface area (Å²) >= 11 is 1.49. The van der Waals surface area contributed by atoms with Gasteiger partial charge >= 0.3 is 0 Å². The van der Waals surface area contributed by atoms with Gasteiger partial charge in [0, 0.05) is 29.1 Å². The van der Waals surface area contributed by atoms with Crippen LogP contribution in [0.4, 0.5) is 5.69 Å². The Morgan fingerprint density at radius 1 is 1.14 bits per heavy atom. The number of hydrogen-bond donors (Lipinski definition) is 0. The van der Waals surface area contributed by atoms with Crippen LogP contribution in [0.25, 0.3) is 11.3 Å². The maximum Gasteiger partial charge on any atom is 0.279 e. The van der Waals surface area contributed by atoms with Gasteiger partial charge < -0.3 is 4.57 Å². The zero-order valence-electron chi connectivity index (χ0n) is 16.9. The van der Waals surface area contributed by atoms with Crippen LogP contribution in [0.15, 0.2) is 47.5 Å². The lowest BCUT2D eigenvalue weighted by Crippen LogP contribution is -2.17. The van der Waals surface area contributed by atoms with Crippen molar-refractivity contribution in [2.24, 2.45) is 4.99 Å². The molecule has 0 aliphatic rings. The molecule has 2 aromatic carbocycles. The van der Waals surface area contributed by atoms with Gasteiger partial charge in [0.15, 0.2) is 4.80 Å². The lowest BCUT2D eigenvalue weighted by molar-refractivity contribution is -0.384. The van der Waals surface area contributed by atoms with Crippen molar-refractivity contribution in [3.63, 3.8) is 0 Å². The molecule has 7 heteroatoms. The van der Waals surface area contributed by atoms with Crippen LogP contribution in [0.2, 0.25) is 0 Å². The molecule has 0 fully saturated rings. The van der Waals surface area contributed by atoms with Crippen LogP contribution in [0.3, 0.4) is 0 Å². The van der Waals surface area contributed by atoms with Crippen molar-refractivity contribution in [2.45, 2.75) is 40.7 Å². The first-order valence-electron chi connectivity index (χ1n) is 9.49. The molecule has 29 heavy (non-hydrogen) atoms. The molecule has 6 nitrogen and oxygen atoms in total. The fourth-order valence-corrected chi connectivity index (χ4v) is 4.33. The van der Waals surface area contributed by atoms with Crippen molar-refractivity contribution in [3.05, 3.63) is 78.9 Å². The first-order valence-corrected chi connectivity index (χ1v) is 10.3. The SMILES string of the molecule is CCc1sc(=NC(=O)c2cccc([N+](=O)[O-])c2)n(CC)c1-c1ccc(C)c(C)c1. The summed E-state index contributed by atoms with van der Waals surface area (Å²) in [6.45, 7) is 8.94. The quantitative estimate of drug-likeness (QED) is 0.436. The highest BCUT2D eigenvalue weighted by atomic mass is 32.1. The average Bonchev–Trinajstić information content (AvgIpc) is 3.07. The maximum absolute atomic E-state index is 12.7. The van der Waals surface area contributed by atoms with Crippen LogP contribution < -0.4 is 4.80 Å². The molecule has 0 aliphatic heterocycles. The number of thiazole rings is 1. The van der Waals surface area contributed by atoms with E-state index in [2.05, 4.69) is 44.0 Å². The maximum atomic E-state index is 12.7. The van der Waals surface area contributed by atoms with Crippen LogP contribution in [0.5, 0.6) is 0 Å². The third-order valence-corrected chi connectivity index (χ3v) is 6.12. The van der Waals surface area contributed by atoms with Gasteiger partial charge in [-0.3, -0.25) is 14.9 Å². The molecule has 0 saturated heterocycles. The minimum Gasteiger partial charge on any atom is -0.316 e. The predicted molar refractivity (Wildman–Crippen MR) is 115 cm³/mol. The van der Waals surface area contributed by atoms with E-state index in [-0.39, 0.29) is 11.3 Å². The van der Waals surface area contributed by atoms with E-state index in [0.717, 1.165) is 22.6 Å². The van der Waals surface area contributed by atoms with E-state index in [1.165, 1.54) is 40.7 Å². The van der Waals surface area contributed by atoms with Crippen molar-refractivity contribution in [1.82, 2.24) is 4.57 Å². The summed E-state index contributed by atoms with van der Waals surface area (Å²) in [5.41, 5.74) is 4.72. The third kappa shape index (κ3) is 4.19. The third-order valence-electron chi connectivity index (χ3n) is 4.90. The van der Waals surface area contributed by atoms with Gasteiger partial charge in [-0.1, -0.05) is 25.1 Å². The molecule has 1 amide bonds. The van der Waals surface area contributed by atoms with E-state index >= 15 is 0 Å². The zero-order valence-corrected chi connectivity index (χ0v) is 17.7. The fraction of sp³-hybridized carbons (Fsp3) is 0.273. The Bertz CT molecular complexity index is 1160. The molecule has 0 bridgehead atoms. The number of nitrogens with zero attached hydrogens (tertiary/aromatic N) is 3. The summed E-state index contributed by atoms with van der Waals surface area (Å²) in [6.07, 6.45) is 0.827. The van der Waals surface area contributed by atoms with Crippen molar-refractivity contribution < 1.29 is 9.72 Å². The smallest absolute Gasteiger partial charge is 0.279 e. The second kappa shape index (κ2) is 8.53. The second-order valence-electron chi connectivity index (χ2n) is 6.78. The Hall–Kier alpha value is -3.06. The Labute approximate surface area is 173 Å². The van der Waals surface area contributed by atoms with E-state index in [0.29, 0.717) is 11.3 Å². The number of benzene rings is 2. The molecule has 0 atom stereocenters. The Morgan fingerprint density at radius 2 is 1.90 bits per heavy atom. The number of non-ortho nitro benzene ring substituents is 1. The summed E-state index contributed by atoms with van der Waals surface area (Å²) < 4.78 is 2.04. The van der Waals surface area contributed by atoms with E-state index in [1.807, 2.05) is 11.5 Å². The Morgan fingerprint density at radius 3 is 2.52 bits per heavy atom. The summed E-state index contributed by atoms with van der Waals surface area (Å²) in [5.74, 6) is -0.480. The number of aromatic nitrogens is 1. The number of amides is 1. The summed E-state index contributed by atoms with van der Waals surface area (Å²) in [4.78, 5) is 29.3. The largest absolute Gasteiger partial charge is 0.316 e. The van der Waals surface area contributed by atoms with Gasteiger partial charge in [0.25, 0.3) is 11.6 Å². The molecule has 0 spiro atoms. The summed E-state index contributed by atoms with van der Waals surface area (Å²) in [7, 11) is 0. The number of aryl methyl sites for hydroxylation is 3. The normalized spacial score (nSPS) is 11.7. The first kappa shape index (κ1) is 20.7. The van der Waals surface area contributed by atoms with Gasteiger partial charge in [-0.2, -0.15) is 4.99 Å². The Kier molecular flexibility index (Phi) is 6.08. The molecule has 0 N–H and O–H groups in total. The molecule has 0 radical (unpaired) electrons. The van der Waals surface area contributed by atoms with E-state index in [4.69, 9.17) is 0 Å². The highest BCUT2D eigenvalue weighted by molar-refractivity contribution is 7.09. The molecule has 1 aromatic heterocycles. The molecule has 3 aromatic rings. The highest BCUT2D eigenvalue weighted by Crippen LogP contribution is 2.28. The minimum absolute atomic E-state index is 0.120. The second-order valence-corrected chi connectivity index (χ2v) is 7.84. The lowest BCUT2D eigenvalue weighted by Gasteiger charge is -2.10. The average molecular weight is 410 g/mol. The van der Waals surface area contributed by atoms with Crippen LogP contribution in [-0.2, 0) is 13.0 Å². The van der Waals surface area contributed by atoms with Crippen molar-refractivity contribution >= 4 is 22.9 Å². The van der Waals surface area contributed by atoms with Crippen molar-refractivity contribution in [3.8, 4) is 11.3 Å². The summed E-state index contributed by atoms with van der Waals surface area (Å²) in [5, 5.41) is 11.0. The van der Waals surface area contributed by atoms with Gasteiger partial charge in [0.05, 0.1) is 10.6 Å². The molecule has 150 valence electrons. The van der Waals surface area contributed by atoms with Gasteiger partial charge in [0.2, 0.25) is 0 Å². The molecule has 3 rings (SSSR count). The van der Waals surface area contributed by atoms with E-state index < -0.39 is 10.8 Å². The predicted octanol–water partition coefficient (Wildman–Crippen LogP) is 5.07. The number of carbonyl (C=O) groups excluding carboxylic acids is 1. The topological polar surface area (TPSA) is 77.5 Å². The Balaban J connectivity index is 2.14. The monoisotopic (exact) mass is 409 g/mol. The number of nitro benzene ring substituents is 1. The molecule has 0 unspecified atom stereocenters. The van der Waals surface area contributed by atoms with Crippen LogP contribution in [0, 0.1) is 24.0 Å². The van der Waals surface area contributed by atoms with Crippen LogP contribution >= 0.6 is 11.3 Å². The van der Waals surface area contributed by atoms with E-state index in [9.17, 15) is 14.9 Å². The first-order chi connectivity index (χ1) is 13.8. The van der Waals surface area contributed by atoms with Crippen LogP contribution in [0.1, 0.15) is 40.2 Å². The van der Waals surface area contributed by atoms with Gasteiger partial charge in [-0.05, 0) is 56.0 Å². The highest BCUT2D eigenvalue weighted by Gasteiger charge is 2.16. The standard InChI is InChI=1S/C22H23N3O3S/c1-5-19-20(16-11-10-14(3)15(4)12-16)24(6-2)22(29-19)23-21(26)17-8-7-9-18(13-17)25(27)28/h7-13H,5-6H2,1-4H3. The van der Waals surface area contributed by atoms with Gasteiger partial charge in [-0.25, -0.2) is 0 Å². The zero-order chi connectivity index (χ0) is 21.1. The van der Waals surface area contributed by atoms with Gasteiger partial charge in [0.1, 0.15) is 0 Å². The minimum atomic E-state index is -0.513. The number of nitro groups is 1. The molecular formula is C22H23N3O3S. The number of rotatable bonds is 5. The van der Waals surface area contributed by atoms with Crippen LogP contribution in [-0.4, -0.2) is 15.4 Å². The number of hydrogen-bond acceptors (Lipinski definition) is 4. The van der Waals surface area contributed by atoms with Crippen molar-refractivity contribution in [2.75, 3.05) is 0 Å². The molecular weight excluding hydrogens is 386 g/mol. The molecule has 0 saturated carbocycles. The fourth-order valence-electron chi connectivity index (χ4n) is 3.19. The molecule has 1 heterocycles.